The largest absolute Gasteiger partial charge is 0.396 e. The van der Waals surface area contributed by atoms with Crippen molar-refractivity contribution in [1.29, 1.82) is 0 Å². The predicted octanol–water partition coefficient (Wildman–Crippen LogP) is 1.80. The quantitative estimate of drug-likeness (QED) is 0.277. The number of rotatable bonds is 7. The van der Waals surface area contributed by atoms with Crippen LogP contribution in [0.2, 0.25) is 0 Å². The van der Waals surface area contributed by atoms with Gasteiger partial charge in [0.2, 0.25) is 0 Å². The van der Waals surface area contributed by atoms with Crippen molar-refractivity contribution in [3.05, 3.63) is 10.4 Å². The van der Waals surface area contributed by atoms with Gasteiger partial charge >= 0.3 is 0 Å². The summed E-state index contributed by atoms with van der Waals surface area (Å²) in [6, 6.07) is 0. The molecule has 0 amide bonds. The molecule has 0 aliphatic rings. The Balaban J connectivity index is 2.84. The highest BCUT2D eigenvalue weighted by molar-refractivity contribution is 7.99. The molecule has 4 nitrogen and oxygen atoms in total. The van der Waals surface area contributed by atoms with Crippen molar-refractivity contribution in [3.63, 3.8) is 0 Å². The first kappa shape index (κ1) is 10.6. The molecule has 11 heavy (non-hydrogen) atoms. The van der Waals surface area contributed by atoms with Gasteiger partial charge in [0.1, 0.15) is 0 Å². The van der Waals surface area contributed by atoms with Crippen molar-refractivity contribution in [3.8, 4) is 0 Å². The minimum absolute atomic E-state index is 0.267. The second-order valence-corrected chi connectivity index (χ2v) is 3.22. The Morgan fingerprint density at radius 2 is 2.09 bits per heavy atom. The van der Waals surface area contributed by atoms with E-state index in [9.17, 15) is 0 Å². The third-order valence-corrected chi connectivity index (χ3v) is 2.21. The summed E-state index contributed by atoms with van der Waals surface area (Å²) >= 11 is 1.78. The van der Waals surface area contributed by atoms with Crippen molar-refractivity contribution < 1.29 is 5.11 Å². The van der Waals surface area contributed by atoms with Crippen LogP contribution in [-0.2, 0) is 0 Å². The molecule has 0 bridgehead atoms. The number of hydrogen-bond acceptors (Lipinski definition) is 3. The monoisotopic (exact) mass is 175 g/mol. The van der Waals surface area contributed by atoms with Crippen molar-refractivity contribution in [1.82, 2.24) is 0 Å². The molecule has 0 heterocycles. The Kier molecular flexibility index (Phi) is 9.29. The van der Waals surface area contributed by atoms with Crippen LogP contribution in [0.1, 0.15) is 12.8 Å². The maximum atomic E-state index is 8.43. The molecular formula is C6H13N3OS. The maximum Gasteiger partial charge on any atom is 0.0438 e. The fourth-order valence-electron chi connectivity index (χ4n) is 0.551. The van der Waals surface area contributed by atoms with Crippen LogP contribution in [0.15, 0.2) is 5.11 Å². The van der Waals surface area contributed by atoms with Crippen LogP contribution in [0.25, 0.3) is 10.4 Å². The SMILES string of the molecule is [N-]=[N+]=NCCCSCCCO. The molecule has 0 unspecified atom stereocenters. The second kappa shape index (κ2) is 9.62. The lowest BCUT2D eigenvalue weighted by Gasteiger charge is -1.96. The fourth-order valence-corrected chi connectivity index (χ4v) is 1.42. The summed E-state index contributed by atoms with van der Waals surface area (Å²) in [6.45, 7) is 0.853. The van der Waals surface area contributed by atoms with Gasteiger partial charge in [-0.15, -0.1) is 0 Å². The number of azide groups is 1. The maximum absolute atomic E-state index is 8.43. The number of nitrogens with zero attached hydrogens (tertiary/aromatic N) is 3. The van der Waals surface area contributed by atoms with Gasteiger partial charge in [-0.1, -0.05) is 5.11 Å². The third-order valence-electron chi connectivity index (χ3n) is 1.06. The first-order valence-electron chi connectivity index (χ1n) is 3.61. The van der Waals surface area contributed by atoms with Crippen molar-refractivity contribution in [2.75, 3.05) is 24.7 Å². The van der Waals surface area contributed by atoms with E-state index in [2.05, 4.69) is 10.0 Å². The van der Waals surface area contributed by atoms with Gasteiger partial charge in [-0.05, 0) is 29.9 Å². The molecule has 64 valence electrons. The minimum atomic E-state index is 0.267. The zero-order valence-corrected chi connectivity index (χ0v) is 7.26. The molecule has 0 saturated heterocycles. The van der Waals surface area contributed by atoms with Gasteiger partial charge in [0.05, 0.1) is 0 Å². The molecule has 0 radical (unpaired) electrons. The summed E-state index contributed by atoms with van der Waals surface area (Å²) in [5.74, 6) is 2.01. The van der Waals surface area contributed by atoms with Gasteiger partial charge in [0, 0.05) is 18.1 Å². The number of aliphatic hydroxyl groups excluding tert-OH is 1. The molecule has 5 heteroatoms. The smallest absolute Gasteiger partial charge is 0.0438 e. The Hall–Kier alpha value is -0.380. The lowest BCUT2D eigenvalue weighted by atomic mass is 10.5. The van der Waals surface area contributed by atoms with E-state index in [0.717, 1.165) is 24.3 Å². The fraction of sp³-hybridized carbons (Fsp3) is 1.00. The van der Waals surface area contributed by atoms with Crippen LogP contribution < -0.4 is 0 Å². The number of hydrogen-bond donors (Lipinski definition) is 1. The zero-order valence-electron chi connectivity index (χ0n) is 6.44. The highest BCUT2D eigenvalue weighted by Crippen LogP contribution is 2.03. The summed E-state index contributed by atoms with van der Waals surface area (Å²) in [4.78, 5) is 2.65. The van der Waals surface area contributed by atoms with E-state index in [1.165, 1.54) is 0 Å². The van der Waals surface area contributed by atoms with E-state index in [-0.39, 0.29) is 6.61 Å². The van der Waals surface area contributed by atoms with E-state index >= 15 is 0 Å². The van der Waals surface area contributed by atoms with Crippen LogP contribution in [0, 0.1) is 0 Å². The lowest BCUT2D eigenvalue weighted by molar-refractivity contribution is 0.296. The van der Waals surface area contributed by atoms with Crippen molar-refractivity contribution in [2.24, 2.45) is 5.11 Å². The van der Waals surface area contributed by atoms with E-state index in [1.54, 1.807) is 11.8 Å². The zero-order chi connectivity index (χ0) is 8.36. The van der Waals surface area contributed by atoms with Crippen LogP contribution in [0.3, 0.4) is 0 Å². The van der Waals surface area contributed by atoms with E-state index in [4.69, 9.17) is 10.6 Å². The van der Waals surface area contributed by atoms with Crippen LogP contribution in [0.4, 0.5) is 0 Å². The molecular weight excluding hydrogens is 162 g/mol. The molecule has 0 aliphatic carbocycles. The van der Waals surface area contributed by atoms with Crippen molar-refractivity contribution >= 4 is 11.8 Å². The Bertz CT molecular complexity index is 125. The normalized spacial score (nSPS) is 9.18. The summed E-state index contributed by atoms with van der Waals surface area (Å²) < 4.78 is 0. The molecule has 1 N–H and O–H groups in total. The average molecular weight is 175 g/mol. The van der Waals surface area contributed by atoms with E-state index in [0.29, 0.717) is 6.54 Å². The third kappa shape index (κ3) is 9.62. The van der Waals surface area contributed by atoms with Gasteiger partial charge in [-0.3, -0.25) is 0 Å². The summed E-state index contributed by atoms with van der Waals surface area (Å²) in [7, 11) is 0. The van der Waals surface area contributed by atoms with Gasteiger partial charge in [0.15, 0.2) is 0 Å². The molecule has 0 aromatic rings. The van der Waals surface area contributed by atoms with Crippen LogP contribution >= 0.6 is 11.8 Å². The van der Waals surface area contributed by atoms with E-state index < -0.39 is 0 Å². The Morgan fingerprint density at radius 1 is 1.36 bits per heavy atom. The first-order chi connectivity index (χ1) is 5.41. The van der Waals surface area contributed by atoms with Crippen molar-refractivity contribution in [2.45, 2.75) is 12.8 Å². The molecule has 0 rings (SSSR count). The number of aliphatic hydroxyl groups is 1. The minimum Gasteiger partial charge on any atom is -0.396 e. The Labute approximate surface area is 70.6 Å². The molecule has 0 fully saturated rings. The summed E-state index contributed by atoms with van der Waals surface area (Å²) in [6.07, 6.45) is 1.78. The van der Waals surface area contributed by atoms with Crippen LogP contribution in [0.5, 0.6) is 0 Å². The lowest BCUT2D eigenvalue weighted by Crippen LogP contribution is -1.89. The molecule has 0 spiro atoms. The molecule has 0 atom stereocenters. The predicted molar refractivity (Wildman–Crippen MR) is 47.7 cm³/mol. The molecule has 0 aromatic heterocycles. The van der Waals surface area contributed by atoms with Gasteiger partial charge in [-0.2, -0.15) is 11.8 Å². The topological polar surface area (TPSA) is 69.0 Å². The highest BCUT2D eigenvalue weighted by Gasteiger charge is 1.87. The van der Waals surface area contributed by atoms with Gasteiger partial charge in [0.25, 0.3) is 0 Å². The van der Waals surface area contributed by atoms with Crippen LogP contribution in [-0.4, -0.2) is 29.8 Å². The molecule has 0 aliphatic heterocycles. The Morgan fingerprint density at radius 3 is 2.73 bits per heavy atom. The standard InChI is InChI=1S/C6H13N3OS/c7-9-8-3-1-5-11-6-2-4-10/h10H,1-6H2. The second-order valence-electron chi connectivity index (χ2n) is 2.00. The summed E-state index contributed by atoms with van der Waals surface area (Å²) in [5.41, 5.74) is 7.93. The molecule has 0 aromatic carbocycles. The summed E-state index contributed by atoms with van der Waals surface area (Å²) in [5, 5.41) is 11.8. The highest BCUT2D eigenvalue weighted by atomic mass is 32.2. The first-order valence-corrected chi connectivity index (χ1v) is 4.76. The van der Waals surface area contributed by atoms with Gasteiger partial charge < -0.3 is 5.11 Å². The van der Waals surface area contributed by atoms with Gasteiger partial charge in [-0.25, -0.2) is 0 Å². The van der Waals surface area contributed by atoms with E-state index in [1.807, 2.05) is 0 Å². The number of thioether (sulfide) groups is 1. The molecule has 0 saturated carbocycles. The average Bonchev–Trinajstić information content (AvgIpc) is 2.03.